The van der Waals surface area contributed by atoms with E-state index < -0.39 is 0 Å². The number of rotatable bonds is 4. The molecule has 1 saturated carbocycles. The van der Waals surface area contributed by atoms with Crippen LogP contribution in [-0.4, -0.2) is 13.2 Å². The van der Waals surface area contributed by atoms with Gasteiger partial charge in [0.1, 0.15) is 5.75 Å². The molecule has 1 fully saturated rings. The van der Waals surface area contributed by atoms with Crippen molar-refractivity contribution in [1.82, 2.24) is 5.32 Å². The lowest BCUT2D eigenvalue weighted by Crippen LogP contribution is -2.22. The summed E-state index contributed by atoms with van der Waals surface area (Å²) in [7, 11) is 1.74. The molecule has 0 bridgehead atoms. The Morgan fingerprint density at radius 2 is 1.95 bits per heavy atom. The lowest BCUT2D eigenvalue weighted by Gasteiger charge is -2.15. The highest BCUT2D eigenvalue weighted by Crippen LogP contribution is 2.44. The van der Waals surface area contributed by atoms with Crippen LogP contribution in [0.3, 0.4) is 0 Å². The van der Waals surface area contributed by atoms with Crippen LogP contribution in [0.5, 0.6) is 5.75 Å². The largest absolute Gasteiger partial charge is 0.497 e. The van der Waals surface area contributed by atoms with Crippen molar-refractivity contribution in [2.45, 2.75) is 37.3 Å². The molecule has 4 rings (SSSR count). The molecule has 2 aliphatic carbocycles. The van der Waals surface area contributed by atoms with Gasteiger partial charge in [0, 0.05) is 18.0 Å². The van der Waals surface area contributed by atoms with Crippen molar-refractivity contribution in [2.75, 3.05) is 7.11 Å². The monoisotopic (exact) mass is 279 g/mol. The molecule has 0 radical (unpaired) electrons. The number of hydrogen-bond donors (Lipinski definition) is 1. The van der Waals surface area contributed by atoms with Crippen LogP contribution in [0.25, 0.3) is 0 Å². The van der Waals surface area contributed by atoms with Gasteiger partial charge in [-0.05, 0) is 48.1 Å². The molecule has 1 unspecified atom stereocenters. The highest BCUT2D eigenvalue weighted by atomic mass is 16.5. The molecule has 21 heavy (non-hydrogen) atoms. The molecule has 0 aliphatic heterocycles. The van der Waals surface area contributed by atoms with Crippen molar-refractivity contribution >= 4 is 0 Å². The SMILES string of the molecule is COc1ccc2c(c1)C(N[C@H]1C[C@@H]1c1ccccc1)CC2. The average Bonchev–Trinajstić information content (AvgIpc) is 3.20. The molecule has 0 aromatic heterocycles. The number of fused-ring (bicyclic) bond motifs is 1. The first kappa shape index (κ1) is 12.9. The average molecular weight is 279 g/mol. The Balaban J connectivity index is 1.47. The second-order valence-electron chi connectivity index (χ2n) is 6.18. The van der Waals surface area contributed by atoms with Gasteiger partial charge in [-0.15, -0.1) is 0 Å². The van der Waals surface area contributed by atoms with Crippen LogP contribution in [0.15, 0.2) is 48.5 Å². The third-order valence-electron chi connectivity index (χ3n) is 4.86. The van der Waals surface area contributed by atoms with Crippen LogP contribution in [0, 0.1) is 0 Å². The van der Waals surface area contributed by atoms with Gasteiger partial charge in [0.15, 0.2) is 0 Å². The van der Waals surface area contributed by atoms with Crippen LogP contribution in [0.4, 0.5) is 0 Å². The molecular formula is C19H21NO. The maximum Gasteiger partial charge on any atom is 0.119 e. The summed E-state index contributed by atoms with van der Waals surface area (Å²) in [5.41, 5.74) is 4.39. The fraction of sp³-hybridized carbons (Fsp3) is 0.368. The Morgan fingerprint density at radius 3 is 2.76 bits per heavy atom. The summed E-state index contributed by atoms with van der Waals surface area (Å²) in [5.74, 6) is 1.67. The van der Waals surface area contributed by atoms with E-state index in [1.807, 2.05) is 0 Å². The van der Waals surface area contributed by atoms with Crippen molar-refractivity contribution in [3.8, 4) is 5.75 Å². The third-order valence-corrected chi connectivity index (χ3v) is 4.86. The molecule has 2 aliphatic rings. The molecular weight excluding hydrogens is 258 g/mol. The van der Waals surface area contributed by atoms with Crippen LogP contribution in [0.1, 0.15) is 41.5 Å². The van der Waals surface area contributed by atoms with Crippen molar-refractivity contribution in [3.63, 3.8) is 0 Å². The normalized spacial score (nSPS) is 26.4. The highest BCUT2D eigenvalue weighted by molar-refractivity contribution is 5.41. The Kier molecular flexibility index (Phi) is 3.19. The molecule has 0 amide bonds. The summed E-state index contributed by atoms with van der Waals surface area (Å²) >= 11 is 0. The van der Waals surface area contributed by atoms with Crippen LogP contribution >= 0.6 is 0 Å². The number of aryl methyl sites for hydroxylation is 1. The fourth-order valence-electron chi connectivity index (χ4n) is 3.59. The molecule has 2 heteroatoms. The third kappa shape index (κ3) is 2.44. The van der Waals surface area contributed by atoms with E-state index in [9.17, 15) is 0 Å². The van der Waals surface area contributed by atoms with E-state index in [1.165, 1.54) is 36.0 Å². The first-order chi connectivity index (χ1) is 10.3. The summed E-state index contributed by atoms with van der Waals surface area (Å²) in [6, 6.07) is 18.5. The number of benzene rings is 2. The van der Waals surface area contributed by atoms with E-state index in [0.717, 1.165) is 5.75 Å². The summed E-state index contributed by atoms with van der Waals surface area (Å²) in [6.07, 6.45) is 3.65. The minimum Gasteiger partial charge on any atom is -0.497 e. The Labute approximate surface area is 126 Å². The van der Waals surface area contributed by atoms with Crippen LogP contribution in [-0.2, 0) is 6.42 Å². The van der Waals surface area contributed by atoms with Gasteiger partial charge < -0.3 is 10.1 Å². The predicted molar refractivity (Wildman–Crippen MR) is 84.8 cm³/mol. The summed E-state index contributed by atoms with van der Waals surface area (Å²) in [4.78, 5) is 0. The minimum atomic E-state index is 0.494. The predicted octanol–water partition coefficient (Wildman–Crippen LogP) is 3.83. The Bertz CT molecular complexity index is 637. The molecule has 0 heterocycles. The molecule has 1 N–H and O–H groups in total. The van der Waals surface area contributed by atoms with Crippen molar-refractivity contribution in [1.29, 1.82) is 0 Å². The van der Waals surface area contributed by atoms with E-state index in [0.29, 0.717) is 18.0 Å². The van der Waals surface area contributed by atoms with Gasteiger partial charge in [-0.1, -0.05) is 36.4 Å². The van der Waals surface area contributed by atoms with E-state index in [1.54, 1.807) is 7.11 Å². The molecule has 2 nitrogen and oxygen atoms in total. The van der Waals surface area contributed by atoms with E-state index in [4.69, 9.17) is 4.74 Å². The lowest BCUT2D eigenvalue weighted by atomic mass is 10.1. The second-order valence-corrected chi connectivity index (χ2v) is 6.18. The quantitative estimate of drug-likeness (QED) is 0.918. The van der Waals surface area contributed by atoms with Crippen LogP contribution < -0.4 is 10.1 Å². The number of ether oxygens (including phenoxy) is 1. The van der Waals surface area contributed by atoms with Gasteiger partial charge in [0.25, 0.3) is 0 Å². The van der Waals surface area contributed by atoms with E-state index >= 15 is 0 Å². The molecule has 2 aromatic carbocycles. The van der Waals surface area contributed by atoms with Gasteiger partial charge in [-0.25, -0.2) is 0 Å². The summed E-state index contributed by atoms with van der Waals surface area (Å²) < 4.78 is 5.37. The first-order valence-electron chi connectivity index (χ1n) is 7.83. The molecule has 108 valence electrons. The van der Waals surface area contributed by atoms with E-state index in [2.05, 4.69) is 53.8 Å². The number of nitrogens with one attached hydrogen (secondary N) is 1. The van der Waals surface area contributed by atoms with E-state index in [-0.39, 0.29) is 0 Å². The Hall–Kier alpha value is -1.80. The van der Waals surface area contributed by atoms with Crippen molar-refractivity contribution in [3.05, 3.63) is 65.2 Å². The number of methoxy groups -OCH3 is 1. The molecule has 3 atom stereocenters. The molecule has 0 saturated heterocycles. The van der Waals surface area contributed by atoms with Crippen molar-refractivity contribution in [2.24, 2.45) is 0 Å². The smallest absolute Gasteiger partial charge is 0.119 e. The van der Waals surface area contributed by atoms with Gasteiger partial charge in [0.05, 0.1) is 7.11 Å². The van der Waals surface area contributed by atoms with Crippen LogP contribution in [0.2, 0.25) is 0 Å². The maximum atomic E-state index is 5.37. The zero-order valence-corrected chi connectivity index (χ0v) is 12.4. The Morgan fingerprint density at radius 1 is 1.10 bits per heavy atom. The fourth-order valence-corrected chi connectivity index (χ4v) is 3.59. The first-order valence-corrected chi connectivity index (χ1v) is 7.83. The number of hydrogen-bond acceptors (Lipinski definition) is 2. The second kappa shape index (κ2) is 5.19. The minimum absolute atomic E-state index is 0.494. The van der Waals surface area contributed by atoms with Gasteiger partial charge in [-0.3, -0.25) is 0 Å². The highest BCUT2D eigenvalue weighted by Gasteiger charge is 2.40. The standard InChI is InChI=1S/C19H21NO/c1-21-15-9-7-14-8-10-18(16(14)11-15)20-19-12-17(19)13-5-3-2-4-6-13/h2-7,9,11,17-20H,8,10,12H2,1H3/t17-,18?,19+/m1/s1. The molecule has 2 aromatic rings. The van der Waals surface area contributed by atoms with Crippen molar-refractivity contribution < 1.29 is 4.74 Å². The summed E-state index contributed by atoms with van der Waals surface area (Å²) in [6.45, 7) is 0. The zero-order valence-electron chi connectivity index (χ0n) is 12.4. The maximum absolute atomic E-state index is 5.37. The van der Waals surface area contributed by atoms with Gasteiger partial charge >= 0.3 is 0 Å². The lowest BCUT2D eigenvalue weighted by molar-refractivity contribution is 0.413. The van der Waals surface area contributed by atoms with Gasteiger partial charge in [0.2, 0.25) is 0 Å². The summed E-state index contributed by atoms with van der Waals surface area (Å²) in [5, 5.41) is 3.85. The zero-order chi connectivity index (χ0) is 14.2. The topological polar surface area (TPSA) is 21.3 Å². The molecule has 0 spiro atoms. The van der Waals surface area contributed by atoms with Gasteiger partial charge in [-0.2, -0.15) is 0 Å².